The highest BCUT2D eigenvalue weighted by atomic mass is 32.2. The van der Waals surface area contributed by atoms with Gasteiger partial charge in [0.25, 0.3) is 0 Å². The van der Waals surface area contributed by atoms with Crippen molar-refractivity contribution in [2.24, 2.45) is 0 Å². The predicted octanol–water partition coefficient (Wildman–Crippen LogP) is 7.87. The Balaban J connectivity index is 0.00000132. The molecule has 0 heterocycles. The monoisotopic (exact) mass is 445 g/mol. The van der Waals surface area contributed by atoms with Crippen molar-refractivity contribution < 1.29 is 9.18 Å². The summed E-state index contributed by atoms with van der Waals surface area (Å²) >= 11 is 3.28. The molecule has 1 N–H and O–H groups in total. The Labute approximate surface area is 191 Å². The molecule has 0 aliphatic heterocycles. The van der Waals surface area contributed by atoms with E-state index < -0.39 is 0 Å². The molecule has 0 unspecified atom stereocenters. The Morgan fingerprint density at radius 3 is 1.35 bits per heavy atom. The predicted molar refractivity (Wildman–Crippen MR) is 130 cm³/mol. The molecule has 0 fully saturated rings. The Morgan fingerprint density at radius 1 is 0.548 bits per heavy atom. The molecule has 0 aliphatic carbocycles. The van der Waals surface area contributed by atoms with Crippen molar-refractivity contribution in [1.29, 1.82) is 0 Å². The molecule has 0 amide bonds. The van der Waals surface area contributed by atoms with E-state index >= 15 is 0 Å². The van der Waals surface area contributed by atoms with Crippen LogP contribution in [0.15, 0.2) is 136 Å². The van der Waals surface area contributed by atoms with Crippen molar-refractivity contribution in [3.05, 3.63) is 133 Å². The van der Waals surface area contributed by atoms with E-state index in [-0.39, 0.29) is 11.6 Å². The summed E-state index contributed by atoms with van der Waals surface area (Å²) in [5, 5.41) is 0. The van der Waals surface area contributed by atoms with E-state index in [9.17, 15) is 9.18 Å². The minimum Gasteiger partial charge on any atom is -0.273 e. The summed E-state index contributed by atoms with van der Waals surface area (Å²) in [6.45, 7) is 6.00. The van der Waals surface area contributed by atoms with E-state index in [2.05, 4.69) is 37.4 Å². The Hall–Kier alpha value is -3.08. The number of hydrogen-bond donors (Lipinski definition) is 0. The summed E-state index contributed by atoms with van der Waals surface area (Å²) in [5.41, 5.74) is 1.61. The summed E-state index contributed by atoms with van der Waals surface area (Å²) in [6, 6.07) is 32.3. The van der Waals surface area contributed by atoms with Gasteiger partial charge in [0.1, 0.15) is 5.82 Å². The van der Waals surface area contributed by atoms with Gasteiger partial charge in [-0.3, -0.25) is 4.79 Å². The van der Waals surface area contributed by atoms with Crippen molar-refractivity contribution in [2.75, 3.05) is 0 Å². The van der Waals surface area contributed by atoms with Gasteiger partial charge in [-0.2, -0.15) is 0 Å². The van der Waals surface area contributed by atoms with Crippen LogP contribution in [0.4, 0.5) is 4.39 Å². The van der Waals surface area contributed by atoms with Crippen LogP contribution in [-0.4, -0.2) is 10.6 Å². The molecule has 0 radical (unpaired) electrons. The summed E-state index contributed by atoms with van der Waals surface area (Å²) in [4.78, 5) is 14.8. The van der Waals surface area contributed by atoms with E-state index in [0.29, 0.717) is 0 Å². The molecular formula is C27H22FOS2+. The van der Waals surface area contributed by atoms with Crippen molar-refractivity contribution in [1.82, 2.24) is 0 Å². The fourth-order valence-corrected chi connectivity index (χ4v) is 4.43. The van der Waals surface area contributed by atoms with Crippen LogP contribution in [0, 0.1) is 5.82 Å². The zero-order chi connectivity index (χ0) is 22.1. The highest BCUT2D eigenvalue weighted by Crippen LogP contribution is 2.32. The normalized spacial score (nSPS) is 10.1. The quantitative estimate of drug-likeness (QED) is 0.171. The highest BCUT2D eigenvalue weighted by molar-refractivity contribution is 7.99. The van der Waals surface area contributed by atoms with Gasteiger partial charge < -0.3 is 0 Å². The lowest BCUT2D eigenvalue weighted by molar-refractivity contribution is 0.626. The summed E-state index contributed by atoms with van der Waals surface area (Å²) in [5.74, 6) is 0.0612. The molecule has 31 heavy (non-hydrogen) atoms. The van der Waals surface area contributed by atoms with Crippen molar-refractivity contribution in [3.63, 3.8) is 0 Å². The van der Waals surface area contributed by atoms with Gasteiger partial charge in [-0.1, -0.05) is 41.7 Å². The summed E-state index contributed by atoms with van der Waals surface area (Å²) < 4.78 is 13.0. The van der Waals surface area contributed by atoms with E-state index in [0.717, 1.165) is 30.7 Å². The molecule has 0 aliphatic rings. The van der Waals surface area contributed by atoms with Crippen LogP contribution in [0.2, 0.25) is 0 Å². The molecule has 0 aromatic heterocycles. The van der Waals surface area contributed by atoms with Crippen LogP contribution in [-0.2, 0) is 0 Å². The van der Waals surface area contributed by atoms with E-state index in [1.807, 2.05) is 54.6 Å². The number of benzene rings is 4. The van der Waals surface area contributed by atoms with Crippen LogP contribution in [0.5, 0.6) is 0 Å². The third kappa shape index (κ3) is 6.45. The second-order valence-corrected chi connectivity index (χ2v) is 8.66. The zero-order valence-electron chi connectivity index (χ0n) is 16.9. The standard InChI is InChI=1S/C25H17FOS2.C2H4/c26-20-8-12-22(13-9-20)29-24-16-14-23(15-17-24)28-21-10-6-19(7-11-21)25(27)18-4-2-1-3-5-18;1-2/h1-17H;1-2H2/p+1. The van der Waals surface area contributed by atoms with Crippen LogP contribution in [0.25, 0.3) is 0 Å². The lowest BCUT2D eigenvalue weighted by Crippen LogP contribution is -2.02. The second-order valence-electron chi connectivity index (χ2n) is 6.37. The van der Waals surface area contributed by atoms with Gasteiger partial charge in [-0.15, -0.1) is 13.2 Å². The zero-order valence-corrected chi connectivity index (χ0v) is 18.5. The fraction of sp³-hybridized carbons (Fsp3) is 0. The number of hydrogen-bond acceptors (Lipinski definition) is 2. The first-order chi connectivity index (χ1) is 15.2. The smallest absolute Gasteiger partial charge is 0.273 e. The Kier molecular flexibility index (Phi) is 8.27. The molecule has 0 saturated heterocycles. The van der Waals surface area contributed by atoms with Crippen LogP contribution >= 0.6 is 23.5 Å². The fourth-order valence-electron chi connectivity index (χ4n) is 2.79. The van der Waals surface area contributed by atoms with Gasteiger partial charge in [0.15, 0.2) is 0 Å². The van der Waals surface area contributed by atoms with Gasteiger partial charge in [0.2, 0.25) is 0 Å². The Bertz CT molecular complexity index is 1110. The first kappa shape index (κ1) is 22.6. The maximum atomic E-state index is 13.0. The molecule has 0 spiro atoms. The van der Waals surface area contributed by atoms with Gasteiger partial charge in [-0.25, -0.2) is 4.39 Å². The average Bonchev–Trinajstić information content (AvgIpc) is 2.84. The third-order valence-electron chi connectivity index (χ3n) is 4.28. The molecule has 4 heteroatoms. The summed E-state index contributed by atoms with van der Waals surface area (Å²) in [6.07, 6.45) is 0. The minimum absolute atomic E-state index is 0.221. The maximum absolute atomic E-state index is 13.0. The Morgan fingerprint density at radius 2 is 0.903 bits per heavy atom. The molecule has 0 bridgehead atoms. The van der Waals surface area contributed by atoms with Crippen LogP contribution < -0.4 is 0 Å². The lowest BCUT2D eigenvalue weighted by atomic mass is 10.0. The largest absolute Gasteiger partial charge is 0.354 e. The molecule has 0 saturated carbocycles. The van der Waals surface area contributed by atoms with E-state index in [4.69, 9.17) is 0 Å². The van der Waals surface area contributed by atoms with E-state index in [1.165, 1.54) is 12.1 Å². The summed E-state index contributed by atoms with van der Waals surface area (Å²) in [7, 11) is 0. The second kappa shape index (κ2) is 11.3. The number of ketones is 1. The third-order valence-corrected chi connectivity index (χ3v) is 6.32. The number of carbonyl (C=O) groups excluding carboxylic acids is 1. The molecule has 154 valence electrons. The number of rotatable bonds is 6. The van der Waals surface area contributed by atoms with Crippen molar-refractivity contribution >= 4 is 29.3 Å². The van der Waals surface area contributed by atoms with Crippen LogP contribution in [0.1, 0.15) is 11.1 Å². The highest BCUT2D eigenvalue weighted by Gasteiger charge is 2.14. The molecule has 4 aromatic rings. The van der Waals surface area contributed by atoms with E-state index in [1.54, 1.807) is 35.7 Å². The molecule has 4 aromatic carbocycles. The lowest BCUT2D eigenvalue weighted by Gasteiger charge is -2.05. The van der Waals surface area contributed by atoms with Crippen molar-refractivity contribution in [3.8, 4) is 0 Å². The van der Waals surface area contributed by atoms with Crippen molar-refractivity contribution in [2.45, 2.75) is 19.6 Å². The van der Waals surface area contributed by atoms with Gasteiger partial charge >= 0.3 is 5.78 Å². The van der Waals surface area contributed by atoms with Gasteiger partial charge in [0.05, 0.1) is 11.1 Å². The van der Waals surface area contributed by atoms with Crippen LogP contribution in [0.3, 0.4) is 0 Å². The topological polar surface area (TPSA) is 21.4 Å². The maximum Gasteiger partial charge on any atom is 0.354 e. The minimum atomic E-state index is -0.221. The van der Waals surface area contributed by atoms with Gasteiger partial charge in [-0.05, 0) is 84.9 Å². The molecular weight excluding hydrogens is 423 g/mol. The molecule has 4 rings (SSSR count). The first-order valence-electron chi connectivity index (χ1n) is 9.60. The molecule has 1 nitrogen and oxygen atoms in total. The average molecular weight is 446 g/mol. The molecule has 0 atom stereocenters. The van der Waals surface area contributed by atoms with Gasteiger partial charge in [0, 0.05) is 19.6 Å². The number of halogens is 1. The first-order valence-corrected chi connectivity index (χ1v) is 11.2. The SMILES string of the molecule is C=C.[OH+]=C(c1ccccc1)c1ccc(Sc2ccc(Sc3ccc(F)cc3)cc2)cc1.